The molecule has 0 bridgehead atoms. The molecule has 0 spiro atoms. The van der Waals surface area contributed by atoms with Gasteiger partial charge in [0.05, 0.1) is 16.5 Å². The van der Waals surface area contributed by atoms with Gasteiger partial charge in [-0.3, -0.25) is 9.00 Å². The largest absolute Gasteiger partial charge is 0.352 e. The lowest BCUT2D eigenvalue weighted by Gasteiger charge is -2.24. The number of thiazole rings is 1. The van der Waals surface area contributed by atoms with Crippen molar-refractivity contribution in [3.63, 3.8) is 0 Å². The molecule has 0 radical (unpaired) electrons. The summed E-state index contributed by atoms with van der Waals surface area (Å²) < 4.78 is 12.4. The Balaban J connectivity index is 1.86. The second-order valence-corrected chi connectivity index (χ2v) is 8.99. The van der Waals surface area contributed by atoms with Gasteiger partial charge in [-0.25, -0.2) is 4.98 Å². The number of amides is 1. The predicted molar refractivity (Wildman–Crippen MR) is 92.5 cm³/mol. The van der Waals surface area contributed by atoms with Crippen LogP contribution < -0.4 is 5.32 Å². The lowest BCUT2D eigenvalue weighted by atomic mass is 9.95. The molecule has 0 aromatic carbocycles. The number of nitrogens with one attached hydrogen (secondary N) is 1. The van der Waals surface area contributed by atoms with Gasteiger partial charge in [0.25, 0.3) is 0 Å². The van der Waals surface area contributed by atoms with Crippen molar-refractivity contribution in [1.29, 1.82) is 0 Å². The van der Waals surface area contributed by atoms with Crippen molar-refractivity contribution in [1.82, 2.24) is 10.3 Å². The molecule has 6 heteroatoms. The van der Waals surface area contributed by atoms with Crippen molar-refractivity contribution >= 4 is 28.0 Å². The summed E-state index contributed by atoms with van der Waals surface area (Å²) in [4.78, 5) is 16.7. The van der Waals surface area contributed by atoms with Crippen LogP contribution in [0.3, 0.4) is 0 Å². The normalized spacial score (nSPS) is 19.1. The maximum atomic E-state index is 12.4. The quantitative estimate of drug-likeness (QED) is 0.862. The Labute approximate surface area is 139 Å². The zero-order valence-electron chi connectivity index (χ0n) is 13.6. The van der Waals surface area contributed by atoms with Gasteiger partial charge in [0, 0.05) is 28.1 Å². The zero-order chi connectivity index (χ0) is 16.1. The highest BCUT2D eigenvalue weighted by molar-refractivity contribution is 7.85. The number of hydrogen-bond acceptors (Lipinski definition) is 4. The van der Waals surface area contributed by atoms with Gasteiger partial charge < -0.3 is 5.32 Å². The van der Waals surface area contributed by atoms with E-state index in [4.69, 9.17) is 0 Å². The molecule has 124 valence electrons. The number of nitrogens with zero attached hydrogens (tertiary/aromatic N) is 1. The van der Waals surface area contributed by atoms with Gasteiger partial charge in [-0.1, -0.05) is 33.1 Å². The SMILES string of the molecule is CC(C)c1nc(C[S@@](=O)[C@H](C)C(=O)NC2CCCCC2)cs1. The Kier molecular flexibility index (Phi) is 6.56. The third-order valence-electron chi connectivity index (χ3n) is 4.07. The smallest absolute Gasteiger partial charge is 0.235 e. The van der Waals surface area contributed by atoms with Crippen LogP contribution in [0.25, 0.3) is 0 Å². The number of rotatable bonds is 6. The molecule has 1 heterocycles. The first-order valence-corrected chi connectivity index (χ1v) is 10.4. The molecule has 1 amide bonds. The monoisotopic (exact) mass is 342 g/mol. The second-order valence-electron chi connectivity index (χ2n) is 6.34. The van der Waals surface area contributed by atoms with Crippen LogP contribution in [0.15, 0.2) is 5.38 Å². The van der Waals surface area contributed by atoms with Gasteiger partial charge in [0.2, 0.25) is 5.91 Å². The third kappa shape index (κ3) is 4.88. The number of hydrogen-bond donors (Lipinski definition) is 1. The van der Waals surface area contributed by atoms with Gasteiger partial charge in [0.15, 0.2) is 0 Å². The Bertz CT molecular complexity index is 522. The van der Waals surface area contributed by atoms with Crippen LogP contribution in [0.1, 0.15) is 69.5 Å². The first-order chi connectivity index (χ1) is 10.5. The molecule has 1 aromatic rings. The van der Waals surface area contributed by atoms with Crippen LogP contribution in [-0.2, 0) is 21.3 Å². The van der Waals surface area contributed by atoms with Crippen molar-refractivity contribution in [2.75, 3.05) is 0 Å². The lowest BCUT2D eigenvalue weighted by molar-refractivity contribution is -0.121. The van der Waals surface area contributed by atoms with Crippen molar-refractivity contribution in [3.05, 3.63) is 16.1 Å². The van der Waals surface area contributed by atoms with Crippen LogP contribution in [0.4, 0.5) is 0 Å². The molecule has 0 unspecified atom stereocenters. The summed E-state index contributed by atoms with van der Waals surface area (Å²) >= 11 is 1.60. The molecule has 2 rings (SSSR count). The van der Waals surface area contributed by atoms with E-state index < -0.39 is 16.0 Å². The average molecular weight is 343 g/mol. The van der Waals surface area contributed by atoms with E-state index in [0.717, 1.165) is 23.5 Å². The van der Waals surface area contributed by atoms with E-state index in [9.17, 15) is 9.00 Å². The molecule has 0 saturated heterocycles. The number of carbonyl (C=O) groups excluding carboxylic acids is 1. The van der Waals surface area contributed by atoms with E-state index in [1.165, 1.54) is 19.3 Å². The molecule has 1 N–H and O–H groups in total. The highest BCUT2D eigenvalue weighted by Gasteiger charge is 2.24. The Morgan fingerprint density at radius 3 is 2.64 bits per heavy atom. The van der Waals surface area contributed by atoms with Gasteiger partial charge in [-0.15, -0.1) is 11.3 Å². The van der Waals surface area contributed by atoms with Crippen molar-refractivity contribution < 1.29 is 9.00 Å². The third-order valence-corrected chi connectivity index (χ3v) is 6.85. The van der Waals surface area contributed by atoms with Crippen LogP contribution in [0.2, 0.25) is 0 Å². The molecule has 1 aliphatic carbocycles. The lowest BCUT2D eigenvalue weighted by Crippen LogP contribution is -2.42. The van der Waals surface area contributed by atoms with Crippen molar-refractivity contribution in [3.8, 4) is 0 Å². The topological polar surface area (TPSA) is 59.1 Å². The summed E-state index contributed by atoms with van der Waals surface area (Å²) in [6, 6.07) is 0.271. The highest BCUT2D eigenvalue weighted by Crippen LogP contribution is 2.21. The minimum atomic E-state index is -1.22. The van der Waals surface area contributed by atoms with Crippen LogP contribution in [-0.4, -0.2) is 26.4 Å². The van der Waals surface area contributed by atoms with E-state index in [-0.39, 0.29) is 11.9 Å². The molecule has 1 saturated carbocycles. The molecule has 0 aliphatic heterocycles. The minimum Gasteiger partial charge on any atom is -0.352 e. The van der Waals surface area contributed by atoms with Crippen LogP contribution in [0, 0.1) is 0 Å². The first kappa shape index (κ1) is 17.6. The van der Waals surface area contributed by atoms with E-state index in [1.54, 1.807) is 18.3 Å². The van der Waals surface area contributed by atoms with Gasteiger partial charge in [-0.05, 0) is 19.8 Å². The minimum absolute atomic E-state index is 0.0791. The maximum absolute atomic E-state index is 12.4. The summed E-state index contributed by atoms with van der Waals surface area (Å²) in [6.07, 6.45) is 5.72. The van der Waals surface area contributed by atoms with E-state index in [2.05, 4.69) is 24.1 Å². The standard InChI is InChI=1S/C16H26N2O2S2/c1-11(2)16-18-14(9-21-16)10-22(20)12(3)15(19)17-13-7-5-4-6-8-13/h9,11-13H,4-8,10H2,1-3H3,(H,17,19)/t12-,22-/m1/s1. The van der Waals surface area contributed by atoms with E-state index >= 15 is 0 Å². The molecule has 1 fully saturated rings. The second kappa shape index (κ2) is 8.20. The molecule has 4 nitrogen and oxygen atoms in total. The summed E-state index contributed by atoms with van der Waals surface area (Å²) in [5.41, 5.74) is 0.837. The van der Waals surface area contributed by atoms with Crippen LogP contribution in [0.5, 0.6) is 0 Å². The fourth-order valence-electron chi connectivity index (χ4n) is 2.61. The summed E-state index contributed by atoms with van der Waals surface area (Å²) in [7, 11) is -1.22. The number of aromatic nitrogens is 1. The highest BCUT2D eigenvalue weighted by atomic mass is 32.2. The van der Waals surface area contributed by atoms with Gasteiger partial charge in [-0.2, -0.15) is 0 Å². The molecule has 1 aliphatic rings. The maximum Gasteiger partial charge on any atom is 0.235 e. The molecule has 22 heavy (non-hydrogen) atoms. The Hall–Kier alpha value is -0.750. The molecular formula is C16H26N2O2S2. The molecule has 1 aromatic heterocycles. The van der Waals surface area contributed by atoms with Crippen LogP contribution >= 0.6 is 11.3 Å². The zero-order valence-corrected chi connectivity index (χ0v) is 15.3. The molecule has 2 atom stereocenters. The van der Waals surface area contributed by atoms with Crippen molar-refractivity contribution in [2.24, 2.45) is 0 Å². The van der Waals surface area contributed by atoms with E-state index in [0.29, 0.717) is 11.7 Å². The van der Waals surface area contributed by atoms with Gasteiger partial charge in [0.1, 0.15) is 5.25 Å². The summed E-state index contributed by atoms with van der Waals surface area (Å²) in [5.74, 6) is 0.673. The fraction of sp³-hybridized carbons (Fsp3) is 0.750. The summed E-state index contributed by atoms with van der Waals surface area (Å²) in [5, 5.41) is 5.60. The fourth-order valence-corrected chi connectivity index (χ4v) is 4.55. The Morgan fingerprint density at radius 1 is 1.36 bits per heavy atom. The first-order valence-electron chi connectivity index (χ1n) is 8.09. The predicted octanol–water partition coefficient (Wildman–Crippen LogP) is 3.35. The van der Waals surface area contributed by atoms with E-state index in [1.807, 2.05) is 5.38 Å². The average Bonchev–Trinajstić information content (AvgIpc) is 2.96. The van der Waals surface area contributed by atoms with Gasteiger partial charge >= 0.3 is 0 Å². The van der Waals surface area contributed by atoms with Crippen molar-refractivity contribution in [2.45, 2.75) is 75.8 Å². The molecular weight excluding hydrogens is 316 g/mol. The Morgan fingerprint density at radius 2 is 2.05 bits per heavy atom. The summed E-state index contributed by atoms with van der Waals surface area (Å²) in [6.45, 7) is 5.95. The number of carbonyl (C=O) groups is 1.